The van der Waals surface area contributed by atoms with Gasteiger partial charge in [0.15, 0.2) is 0 Å². The Morgan fingerprint density at radius 2 is 1.88 bits per heavy atom. The second-order valence-electron chi connectivity index (χ2n) is 5.34. The predicted molar refractivity (Wildman–Crippen MR) is 67.5 cm³/mol. The SMILES string of the molecule is O=C(NC1CCCCCC1CO)C1CC=CC1. The molecule has 0 saturated heterocycles. The molecule has 2 unspecified atom stereocenters. The summed E-state index contributed by atoms with van der Waals surface area (Å²) < 4.78 is 0. The predicted octanol–water partition coefficient (Wildman–Crippen LogP) is 2.01. The molecule has 2 rings (SSSR count). The molecule has 0 aromatic rings. The van der Waals surface area contributed by atoms with Gasteiger partial charge in [0, 0.05) is 24.5 Å². The summed E-state index contributed by atoms with van der Waals surface area (Å²) in [6.45, 7) is 0.202. The van der Waals surface area contributed by atoms with Crippen LogP contribution in [-0.4, -0.2) is 23.7 Å². The van der Waals surface area contributed by atoms with Gasteiger partial charge >= 0.3 is 0 Å². The van der Waals surface area contributed by atoms with E-state index in [1.165, 1.54) is 19.3 Å². The minimum Gasteiger partial charge on any atom is -0.396 e. The lowest BCUT2D eigenvalue weighted by molar-refractivity contribution is -0.125. The van der Waals surface area contributed by atoms with Crippen LogP contribution in [0.15, 0.2) is 12.2 Å². The standard InChI is InChI=1S/C14H23NO2/c16-10-12-8-2-1-3-9-13(12)15-14(17)11-6-4-5-7-11/h4-5,11-13,16H,1-3,6-10H2,(H,15,17). The molecule has 3 heteroatoms. The van der Waals surface area contributed by atoms with Crippen LogP contribution in [0.25, 0.3) is 0 Å². The van der Waals surface area contributed by atoms with E-state index in [1.807, 2.05) is 0 Å². The fourth-order valence-electron chi connectivity index (χ4n) is 2.92. The van der Waals surface area contributed by atoms with Gasteiger partial charge in [-0.25, -0.2) is 0 Å². The van der Waals surface area contributed by atoms with Crippen molar-refractivity contribution in [1.82, 2.24) is 5.32 Å². The number of amides is 1. The Morgan fingerprint density at radius 3 is 2.59 bits per heavy atom. The van der Waals surface area contributed by atoms with Crippen LogP contribution in [0, 0.1) is 11.8 Å². The highest BCUT2D eigenvalue weighted by Gasteiger charge is 2.27. The summed E-state index contributed by atoms with van der Waals surface area (Å²) >= 11 is 0. The molecule has 2 aliphatic carbocycles. The number of hydrogen-bond acceptors (Lipinski definition) is 2. The highest BCUT2D eigenvalue weighted by Crippen LogP contribution is 2.24. The van der Waals surface area contributed by atoms with E-state index in [9.17, 15) is 9.90 Å². The molecule has 0 aliphatic heterocycles. The van der Waals surface area contributed by atoms with Crippen molar-refractivity contribution in [2.45, 2.75) is 51.0 Å². The summed E-state index contributed by atoms with van der Waals surface area (Å²) in [6.07, 6.45) is 11.6. The second kappa shape index (κ2) is 6.20. The van der Waals surface area contributed by atoms with E-state index in [0.717, 1.165) is 25.7 Å². The zero-order valence-electron chi connectivity index (χ0n) is 10.4. The zero-order chi connectivity index (χ0) is 12.1. The topological polar surface area (TPSA) is 49.3 Å². The summed E-state index contributed by atoms with van der Waals surface area (Å²) in [4.78, 5) is 12.1. The van der Waals surface area contributed by atoms with E-state index in [2.05, 4.69) is 17.5 Å². The highest BCUT2D eigenvalue weighted by molar-refractivity contribution is 5.79. The first-order valence-electron chi connectivity index (χ1n) is 6.87. The van der Waals surface area contributed by atoms with Crippen molar-refractivity contribution >= 4 is 5.91 Å². The third-order valence-corrected chi connectivity index (χ3v) is 4.10. The number of aliphatic hydroxyl groups excluding tert-OH is 1. The maximum atomic E-state index is 12.1. The average molecular weight is 237 g/mol. The number of allylic oxidation sites excluding steroid dienone is 2. The Kier molecular flexibility index (Phi) is 4.60. The van der Waals surface area contributed by atoms with Crippen molar-refractivity contribution in [1.29, 1.82) is 0 Å². The van der Waals surface area contributed by atoms with Crippen LogP contribution in [0.5, 0.6) is 0 Å². The molecule has 96 valence electrons. The van der Waals surface area contributed by atoms with Crippen LogP contribution < -0.4 is 5.32 Å². The Morgan fingerprint density at radius 1 is 1.18 bits per heavy atom. The van der Waals surface area contributed by atoms with E-state index in [-0.39, 0.29) is 30.4 Å². The van der Waals surface area contributed by atoms with Crippen molar-refractivity contribution in [3.8, 4) is 0 Å². The Labute approximate surface area is 103 Å². The lowest BCUT2D eigenvalue weighted by Gasteiger charge is -2.25. The van der Waals surface area contributed by atoms with Crippen molar-refractivity contribution < 1.29 is 9.90 Å². The minimum atomic E-state index is 0.137. The molecule has 1 fully saturated rings. The molecule has 0 spiro atoms. The summed E-state index contributed by atoms with van der Waals surface area (Å²) in [6, 6.07) is 0.190. The smallest absolute Gasteiger partial charge is 0.223 e. The molecule has 0 aromatic carbocycles. The van der Waals surface area contributed by atoms with Gasteiger partial charge in [0.1, 0.15) is 0 Å². The van der Waals surface area contributed by atoms with E-state index in [4.69, 9.17) is 0 Å². The number of carbonyl (C=O) groups excluding carboxylic acids is 1. The van der Waals surface area contributed by atoms with Crippen LogP contribution in [-0.2, 0) is 4.79 Å². The molecule has 0 radical (unpaired) electrons. The first-order valence-corrected chi connectivity index (χ1v) is 6.87. The molecular formula is C14H23NO2. The van der Waals surface area contributed by atoms with Gasteiger partial charge in [-0.2, -0.15) is 0 Å². The quantitative estimate of drug-likeness (QED) is 0.582. The lowest BCUT2D eigenvalue weighted by atomic mass is 9.94. The molecule has 3 nitrogen and oxygen atoms in total. The third-order valence-electron chi connectivity index (χ3n) is 4.10. The molecule has 1 saturated carbocycles. The fraction of sp³-hybridized carbons (Fsp3) is 0.786. The summed E-state index contributed by atoms with van der Waals surface area (Å²) in [5, 5.41) is 12.6. The van der Waals surface area contributed by atoms with Crippen molar-refractivity contribution in [2.24, 2.45) is 11.8 Å². The van der Waals surface area contributed by atoms with Gasteiger partial charge in [0.05, 0.1) is 0 Å². The normalized spacial score (nSPS) is 30.2. The van der Waals surface area contributed by atoms with Crippen LogP contribution in [0.3, 0.4) is 0 Å². The highest BCUT2D eigenvalue weighted by atomic mass is 16.3. The molecule has 2 atom stereocenters. The second-order valence-corrected chi connectivity index (χ2v) is 5.34. The lowest BCUT2D eigenvalue weighted by Crippen LogP contribution is -2.43. The first kappa shape index (κ1) is 12.6. The fourth-order valence-corrected chi connectivity index (χ4v) is 2.92. The zero-order valence-corrected chi connectivity index (χ0v) is 10.4. The Hall–Kier alpha value is -0.830. The summed E-state index contributed by atoms with van der Waals surface area (Å²) in [5.41, 5.74) is 0. The van der Waals surface area contributed by atoms with E-state index < -0.39 is 0 Å². The largest absolute Gasteiger partial charge is 0.396 e. The number of rotatable bonds is 3. The van der Waals surface area contributed by atoms with Crippen LogP contribution in [0.1, 0.15) is 44.9 Å². The van der Waals surface area contributed by atoms with E-state index in [1.54, 1.807) is 0 Å². The van der Waals surface area contributed by atoms with Gasteiger partial charge in [-0.05, 0) is 25.7 Å². The van der Waals surface area contributed by atoms with Gasteiger partial charge < -0.3 is 10.4 Å². The van der Waals surface area contributed by atoms with Gasteiger partial charge in [-0.3, -0.25) is 4.79 Å². The molecule has 2 aliphatic rings. The molecular weight excluding hydrogens is 214 g/mol. The maximum absolute atomic E-state index is 12.1. The third kappa shape index (κ3) is 3.32. The van der Waals surface area contributed by atoms with Crippen LogP contribution >= 0.6 is 0 Å². The minimum absolute atomic E-state index is 0.137. The number of carbonyl (C=O) groups is 1. The van der Waals surface area contributed by atoms with Crippen molar-refractivity contribution in [3.63, 3.8) is 0 Å². The van der Waals surface area contributed by atoms with Crippen molar-refractivity contribution in [2.75, 3.05) is 6.61 Å². The molecule has 0 aromatic heterocycles. The summed E-state index contributed by atoms with van der Waals surface area (Å²) in [7, 11) is 0. The van der Waals surface area contributed by atoms with Crippen LogP contribution in [0.2, 0.25) is 0 Å². The molecule has 0 heterocycles. The number of nitrogens with one attached hydrogen (secondary N) is 1. The van der Waals surface area contributed by atoms with Crippen molar-refractivity contribution in [3.05, 3.63) is 12.2 Å². The van der Waals surface area contributed by atoms with Gasteiger partial charge in [0.2, 0.25) is 5.91 Å². The molecule has 2 N–H and O–H groups in total. The molecule has 1 amide bonds. The van der Waals surface area contributed by atoms with E-state index >= 15 is 0 Å². The Bertz CT molecular complexity index is 280. The van der Waals surface area contributed by atoms with Gasteiger partial charge in [-0.15, -0.1) is 0 Å². The Balaban J connectivity index is 1.88. The molecule has 17 heavy (non-hydrogen) atoms. The molecule has 0 bridgehead atoms. The van der Waals surface area contributed by atoms with Gasteiger partial charge in [0.25, 0.3) is 0 Å². The number of hydrogen-bond donors (Lipinski definition) is 2. The first-order chi connectivity index (χ1) is 8.31. The average Bonchev–Trinajstić information content (AvgIpc) is 2.78. The monoisotopic (exact) mass is 237 g/mol. The maximum Gasteiger partial charge on any atom is 0.223 e. The van der Waals surface area contributed by atoms with E-state index in [0.29, 0.717) is 0 Å². The van der Waals surface area contributed by atoms with Gasteiger partial charge in [-0.1, -0.05) is 31.4 Å². The van der Waals surface area contributed by atoms with Crippen LogP contribution in [0.4, 0.5) is 0 Å². The summed E-state index contributed by atoms with van der Waals surface area (Å²) in [5.74, 6) is 0.578. The number of aliphatic hydroxyl groups is 1.